The second kappa shape index (κ2) is 8.34. The molecule has 4 rings (SSSR count). The summed E-state index contributed by atoms with van der Waals surface area (Å²) < 4.78 is 5.50. The zero-order valence-corrected chi connectivity index (χ0v) is 18.2. The van der Waals surface area contributed by atoms with Crippen LogP contribution in [-0.4, -0.2) is 34.5 Å². The largest absolute Gasteiger partial charge is 0.350 e. The van der Waals surface area contributed by atoms with Crippen molar-refractivity contribution < 1.29 is 14.1 Å². The van der Waals surface area contributed by atoms with E-state index in [1.807, 2.05) is 45.0 Å². The lowest BCUT2D eigenvalue weighted by Crippen LogP contribution is -2.30. The highest BCUT2D eigenvalue weighted by Crippen LogP contribution is 2.32. The third-order valence-electron chi connectivity index (χ3n) is 5.52. The maximum atomic E-state index is 12.6. The Hall–Kier alpha value is -3.48. The van der Waals surface area contributed by atoms with Gasteiger partial charge in [0.2, 0.25) is 17.6 Å². The number of hydrogen-bond donors (Lipinski definition) is 1. The van der Waals surface area contributed by atoms with Crippen LogP contribution >= 0.6 is 0 Å². The van der Waals surface area contributed by atoms with Gasteiger partial charge in [0.15, 0.2) is 0 Å². The fraction of sp³-hybridized carbons (Fsp3) is 0.333. The SMILES string of the molecule is Cc1ccc(N2CC(c3nc(-c4cccc(C(=O)NC(C)C)c4)no3)CC2=O)cc1C. The molecule has 2 amide bonds. The van der Waals surface area contributed by atoms with Crippen molar-refractivity contribution in [1.82, 2.24) is 15.5 Å². The molecule has 0 bridgehead atoms. The smallest absolute Gasteiger partial charge is 0.251 e. The van der Waals surface area contributed by atoms with Gasteiger partial charge in [-0.15, -0.1) is 0 Å². The number of anilines is 1. The van der Waals surface area contributed by atoms with E-state index in [1.54, 1.807) is 23.1 Å². The Bertz CT molecular complexity index is 1140. The van der Waals surface area contributed by atoms with Crippen molar-refractivity contribution in [1.29, 1.82) is 0 Å². The monoisotopic (exact) mass is 418 g/mol. The molecular formula is C24H26N4O3. The first-order valence-corrected chi connectivity index (χ1v) is 10.4. The maximum Gasteiger partial charge on any atom is 0.251 e. The third-order valence-corrected chi connectivity index (χ3v) is 5.52. The van der Waals surface area contributed by atoms with Gasteiger partial charge in [0.05, 0.1) is 5.92 Å². The summed E-state index contributed by atoms with van der Waals surface area (Å²) >= 11 is 0. The zero-order chi connectivity index (χ0) is 22.1. The van der Waals surface area contributed by atoms with Gasteiger partial charge < -0.3 is 14.7 Å². The van der Waals surface area contributed by atoms with Gasteiger partial charge in [-0.2, -0.15) is 4.98 Å². The fourth-order valence-corrected chi connectivity index (χ4v) is 3.68. The minimum Gasteiger partial charge on any atom is -0.350 e. The van der Waals surface area contributed by atoms with E-state index in [4.69, 9.17) is 4.52 Å². The van der Waals surface area contributed by atoms with Crippen LogP contribution in [0, 0.1) is 13.8 Å². The standard InChI is InChI=1S/C24H26N4O3/c1-14(2)25-23(30)18-7-5-6-17(11-18)22-26-24(31-27-22)19-12-21(29)28(13-19)20-9-8-15(3)16(4)10-20/h5-11,14,19H,12-13H2,1-4H3,(H,25,30). The fourth-order valence-electron chi connectivity index (χ4n) is 3.68. The number of carbonyl (C=O) groups excluding carboxylic acids is 2. The van der Waals surface area contributed by atoms with E-state index in [2.05, 4.69) is 22.4 Å². The molecule has 7 heteroatoms. The van der Waals surface area contributed by atoms with Crippen molar-refractivity contribution in [3.8, 4) is 11.4 Å². The third kappa shape index (κ3) is 4.35. The van der Waals surface area contributed by atoms with E-state index in [0.29, 0.717) is 35.8 Å². The molecule has 0 radical (unpaired) electrons. The maximum absolute atomic E-state index is 12.6. The Morgan fingerprint density at radius 1 is 1.16 bits per heavy atom. The summed E-state index contributed by atoms with van der Waals surface area (Å²) in [6.07, 6.45) is 0.325. The van der Waals surface area contributed by atoms with E-state index >= 15 is 0 Å². The van der Waals surface area contributed by atoms with E-state index < -0.39 is 0 Å². The molecule has 1 aromatic heterocycles. The summed E-state index contributed by atoms with van der Waals surface area (Å²) in [4.78, 5) is 31.2. The van der Waals surface area contributed by atoms with Crippen LogP contribution in [0.3, 0.4) is 0 Å². The summed E-state index contributed by atoms with van der Waals surface area (Å²) in [6, 6.07) is 13.2. The quantitative estimate of drug-likeness (QED) is 0.676. The number of hydrogen-bond acceptors (Lipinski definition) is 5. The average molecular weight is 418 g/mol. The second-order valence-corrected chi connectivity index (χ2v) is 8.34. The summed E-state index contributed by atoms with van der Waals surface area (Å²) in [5.41, 5.74) is 4.46. The zero-order valence-electron chi connectivity index (χ0n) is 18.2. The topological polar surface area (TPSA) is 88.3 Å². The molecule has 7 nitrogen and oxygen atoms in total. The molecule has 1 saturated heterocycles. The predicted molar refractivity (Wildman–Crippen MR) is 118 cm³/mol. The van der Waals surface area contributed by atoms with Crippen molar-refractivity contribution >= 4 is 17.5 Å². The number of amides is 2. The van der Waals surface area contributed by atoms with Crippen LogP contribution in [0.5, 0.6) is 0 Å². The summed E-state index contributed by atoms with van der Waals surface area (Å²) in [5, 5.41) is 6.97. The van der Waals surface area contributed by atoms with Gasteiger partial charge in [-0.3, -0.25) is 9.59 Å². The molecule has 1 fully saturated rings. The van der Waals surface area contributed by atoms with Crippen LogP contribution in [0.25, 0.3) is 11.4 Å². The molecule has 1 N–H and O–H groups in total. The molecule has 160 valence electrons. The van der Waals surface area contributed by atoms with E-state index in [1.165, 1.54) is 5.56 Å². The molecule has 1 aliphatic heterocycles. The number of aromatic nitrogens is 2. The molecule has 1 unspecified atom stereocenters. The summed E-state index contributed by atoms with van der Waals surface area (Å²) in [5.74, 6) is 0.576. The van der Waals surface area contributed by atoms with Gasteiger partial charge in [-0.25, -0.2) is 0 Å². The van der Waals surface area contributed by atoms with Gasteiger partial charge >= 0.3 is 0 Å². The van der Waals surface area contributed by atoms with Crippen LogP contribution in [0.15, 0.2) is 47.0 Å². The van der Waals surface area contributed by atoms with E-state index in [0.717, 1.165) is 11.3 Å². The van der Waals surface area contributed by atoms with Crippen LogP contribution in [0.2, 0.25) is 0 Å². The van der Waals surface area contributed by atoms with E-state index in [9.17, 15) is 9.59 Å². The molecule has 1 aliphatic rings. The summed E-state index contributed by atoms with van der Waals surface area (Å²) in [6.45, 7) is 8.42. The van der Waals surface area contributed by atoms with Crippen LogP contribution in [0.1, 0.15) is 53.6 Å². The molecule has 0 spiro atoms. The number of nitrogens with zero attached hydrogens (tertiary/aromatic N) is 3. The predicted octanol–water partition coefficient (Wildman–Crippen LogP) is 4.01. The molecule has 0 aliphatic carbocycles. The average Bonchev–Trinajstić information content (AvgIpc) is 3.37. The minimum atomic E-state index is -0.164. The minimum absolute atomic E-state index is 0.0420. The Labute approximate surface area is 181 Å². The van der Waals surface area contributed by atoms with Crippen molar-refractivity contribution in [2.24, 2.45) is 0 Å². The van der Waals surface area contributed by atoms with Crippen LogP contribution < -0.4 is 10.2 Å². The lowest BCUT2D eigenvalue weighted by molar-refractivity contribution is -0.117. The van der Waals surface area contributed by atoms with Gasteiger partial charge in [-0.05, 0) is 63.1 Å². The first-order chi connectivity index (χ1) is 14.8. The molecule has 1 atom stereocenters. The number of nitrogens with one attached hydrogen (secondary N) is 1. The van der Waals surface area contributed by atoms with Crippen molar-refractivity contribution in [3.63, 3.8) is 0 Å². The van der Waals surface area contributed by atoms with Gasteiger partial charge in [0.1, 0.15) is 0 Å². The number of benzene rings is 2. The lowest BCUT2D eigenvalue weighted by atomic mass is 10.1. The number of rotatable bonds is 5. The van der Waals surface area contributed by atoms with Crippen molar-refractivity contribution in [2.45, 2.75) is 46.1 Å². The highest BCUT2D eigenvalue weighted by molar-refractivity contribution is 5.96. The molecular weight excluding hydrogens is 392 g/mol. The van der Waals surface area contributed by atoms with Crippen LogP contribution in [0.4, 0.5) is 5.69 Å². The normalized spacial score (nSPS) is 16.2. The Balaban J connectivity index is 1.52. The molecule has 2 heterocycles. The molecule has 31 heavy (non-hydrogen) atoms. The van der Waals surface area contributed by atoms with Crippen LogP contribution in [-0.2, 0) is 4.79 Å². The molecule has 2 aromatic carbocycles. The number of aryl methyl sites for hydroxylation is 2. The van der Waals surface area contributed by atoms with E-state index in [-0.39, 0.29) is 23.8 Å². The first kappa shape index (κ1) is 20.8. The Kier molecular flexibility index (Phi) is 5.59. The summed E-state index contributed by atoms with van der Waals surface area (Å²) in [7, 11) is 0. The van der Waals surface area contributed by atoms with Gasteiger partial charge in [0, 0.05) is 35.8 Å². The van der Waals surface area contributed by atoms with Gasteiger partial charge in [-0.1, -0.05) is 23.4 Å². The molecule has 3 aromatic rings. The van der Waals surface area contributed by atoms with Crippen molar-refractivity contribution in [3.05, 3.63) is 65.0 Å². The highest BCUT2D eigenvalue weighted by atomic mass is 16.5. The first-order valence-electron chi connectivity index (χ1n) is 10.4. The van der Waals surface area contributed by atoms with Gasteiger partial charge in [0.25, 0.3) is 5.91 Å². The Morgan fingerprint density at radius 3 is 2.71 bits per heavy atom. The Morgan fingerprint density at radius 2 is 1.97 bits per heavy atom. The lowest BCUT2D eigenvalue weighted by Gasteiger charge is -2.17. The number of carbonyl (C=O) groups is 2. The molecule has 0 saturated carbocycles. The second-order valence-electron chi connectivity index (χ2n) is 8.34. The van der Waals surface area contributed by atoms with Crippen molar-refractivity contribution in [2.75, 3.05) is 11.4 Å². The highest BCUT2D eigenvalue weighted by Gasteiger charge is 2.35.